The van der Waals surface area contributed by atoms with Crippen LogP contribution in [-0.2, 0) is 4.79 Å². The van der Waals surface area contributed by atoms with Crippen LogP contribution >= 0.6 is 39.1 Å². The Kier molecular flexibility index (Phi) is 6.33. The second-order valence-electron chi connectivity index (χ2n) is 5.34. The van der Waals surface area contributed by atoms with E-state index in [-0.39, 0.29) is 12.5 Å². The molecule has 0 aliphatic rings. The van der Waals surface area contributed by atoms with Gasteiger partial charge in [0.25, 0.3) is 5.91 Å². The molecule has 2 aromatic rings. The van der Waals surface area contributed by atoms with Crippen molar-refractivity contribution in [3.63, 3.8) is 0 Å². The summed E-state index contributed by atoms with van der Waals surface area (Å²) in [6.07, 6.45) is 0. The molecular weight excluding hydrogens is 401 g/mol. The zero-order chi connectivity index (χ0) is 17.0. The Balaban J connectivity index is 1.96. The van der Waals surface area contributed by atoms with Gasteiger partial charge in [0.1, 0.15) is 5.75 Å². The molecule has 0 radical (unpaired) electrons. The number of rotatable bonds is 5. The molecule has 0 aliphatic carbocycles. The Labute approximate surface area is 154 Å². The van der Waals surface area contributed by atoms with Gasteiger partial charge in [-0.1, -0.05) is 43.1 Å². The highest BCUT2D eigenvalue weighted by Gasteiger charge is 2.09. The van der Waals surface area contributed by atoms with Gasteiger partial charge in [0.15, 0.2) is 6.61 Å². The number of ether oxygens (including phenoxy) is 1. The molecule has 23 heavy (non-hydrogen) atoms. The maximum Gasteiger partial charge on any atom is 0.262 e. The third-order valence-corrected chi connectivity index (χ3v) is 4.18. The number of nitrogens with one attached hydrogen (secondary N) is 1. The van der Waals surface area contributed by atoms with Crippen LogP contribution in [0.4, 0.5) is 5.69 Å². The van der Waals surface area contributed by atoms with Crippen molar-refractivity contribution >= 4 is 50.7 Å². The van der Waals surface area contributed by atoms with E-state index in [2.05, 4.69) is 35.1 Å². The molecule has 0 bridgehead atoms. The lowest BCUT2D eigenvalue weighted by Crippen LogP contribution is -2.20. The molecule has 122 valence electrons. The highest BCUT2D eigenvalue weighted by molar-refractivity contribution is 9.10. The molecular formula is C17H16BrCl2NO2. The van der Waals surface area contributed by atoms with Crippen LogP contribution in [0.1, 0.15) is 25.3 Å². The molecule has 1 N–H and O–H groups in total. The van der Waals surface area contributed by atoms with E-state index in [1.165, 1.54) is 5.56 Å². The van der Waals surface area contributed by atoms with Crippen molar-refractivity contribution < 1.29 is 9.53 Å². The average molecular weight is 417 g/mol. The molecule has 0 spiro atoms. The number of carbonyl (C=O) groups is 1. The minimum Gasteiger partial charge on any atom is -0.483 e. The number of carbonyl (C=O) groups excluding carboxylic acids is 1. The van der Waals surface area contributed by atoms with Gasteiger partial charge in [0.2, 0.25) is 0 Å². The smallest absolute Gasteiger partial charge is 0.262 e. The number of amides is 1. The largest absolute Gasteiger partial charge is 0.483 e. The summed E-state index contributed by atoms with van der Waals surface area (Å²) in [5.74, 6) is 0.757. The first-order chi connectivity index (χ1) is 10.8. The maximum atomic E-state index is 12.0. The molecule has 0 saturated heterocycles. The van der Waals surface area contributed by atoms with Gasteiger partial charge >= 0.3 is 0 Å². The van der Waals surface area contributed by atoms with E-state index in [1.54, 1.807) is 18.2 Å². The number of hydrogen-bond acceptors (Lipinski definition) is 2. The molecule has 3 nitrogen and oxygen atoms in total. The molecule has 0 aliphatic heterocycles. The summed E-state index contributed by atoms with van der Waals surface area (Å²) in [5.41, 5.74) is 1.73. The van der Waals surface area contributed by atoms with Crippen molar-refractivity contribution in [3.05, 3.63) is 56.5 Å². The van der Waals surface area contributed by atoms with Gasteiger partial charge in [-0.3, -0.25) is 4.79 Å². The Morgan fingerprint density at radius 1 is 1.17 bits per heavy atom. The van der Waals surface area contributed by atoms with E-state index in [1.807, 2.05) is 18.2 Å². The Morgan fingerprint density at radius 3 is 2.39 bits per heavy atom. The molecule has 1 amide bonds. The molecule has 0 atom stereocenters. The van der Waals surface area contributed by atoms with Gasteiger partial charge in [0, 0.05) is 15.7 Å². The lowest BCUT2D eigenvalue weighted by Gasteiger charge is -2.12. The molecule has 0 unspecified atom stereocenters. The van der Waals surface area contributed by atoms with Gasteiger partial charge in [-0.15, -0.1) is 0 Å². The number of halogens is 3. The molecule has 0 saturated carbocycles. The van der Waals surface area contributed by atoms with E-state index in [0.29, 0.717) is 27.4 Å². The lowest BCUT2D eigenvalue weighted by atomic mass is 10.0. The van der Waals surface area contributed by atoms with Gasteiger partial charge in [0.05, 0.1) is 4.47 Å². The topological polar surface area (TPSA) is 38.3 Å². The molecule has 0 aromatic heterocycles. The summed E-state index contributed by atoms with van der Waals surface area (Å²) in [6.45, 7) is 4.13. The van der Waals surface area contributed by atoms with Crippen molar-refractivity contribution in [2.45, 2.75) is 19.8 Å². The summed E-state index contributed by atoms with van der Waals surface area (Å²) in [7, 11) is 0. The van der Waals surface area contributed by atoms with Crippen molar-refractivity contribution in [1.82, 2.24) is 0 Å². The Morgan fingerprint density at radius 2 is 1.83 bits per heavy atom. The summed E-state index contributed by atoms with van der Waals surface area (Å²) in [5, 5.41) is 3.61. The van der Waals surface area contributed by atoms with Crippen LogP contribution in [0.3, 0.4) is 0 Å². The number of benzene rings is 2. The zero-order valence-electron chi connectivity index (χ0n) is 12.7. The van der Waals surface area contributed by atoms with E-state index in [4.69, 9.17) is 27.9 Å². The number of hydrogen-bond donors (Lipinski definition) is 1. The fourth-order valence-corrected chi connectivity index (χ4v) is 3.00. The Bertz CT molecular complexity index is 699. The van der Waals surface area contributed by atoms with E-state index in [0.717, 1.165) is 4.47 Å². The summed E-state index contributed by atoms with van der Waals surface area (Å²) in [4.78, 5) is 12.0. The highest BCUT2D eigenvalue weighted by Crippen LogP contribution is 2.29. The SMILES string of the molecule is CC(C)c1ccc(OCC(=O)Nc2cc(Cl)cc(Cl)c2)c(Br)c1. The standard InChI is InChI=1S/C17H16BrCl2NO2/c1-10(2)11-3-4-16(15(18)5-11)23-9-17(22)21-14-7-12(19)6-13(20)8-14/h3-8,10H,9H2,1-2H3,(H,21,22). The van der Waals surface area contributed by atoms with Crippen LogP contribution < -0.4 is 10.1 Å². The fraction of sp³-hybridized carbons (Fsp3) is 0.235. The second-order valence-corrected chi connectivity index (χ2v) is 7.07. The highest BCUT2D eigenvalue weighted by atomic mass is 79.9. The monoisotopic (exact) mass is 415 g/mol. The maximum absolute atomic E-state index is 12.0. The number of anilines is 1. The van der Waals surface area contributed by atoms with Gasteiger partial charge in [-0.25, -0.2) is 0 Å². The van der Waals surface area contributed by atoms with Crippen LogP contribution in [-0.4, -0.2) is 12.5 Å². The van der Waals surface area contributed by atoms with Crippen LogP contribution in [0, 0.1) is 0 Å². The molecule has 2 aromatic carbocycles. The Hall–Kier alpha value is -1.23. The van der Waals surface area contributed by atoms with Crippen molar-refractivity contribution in [1.29, 1.82) is 0 Å². The van der Waals surface area contributed by atoms with Crippen LogP contribution in [0.25, 0.3) is 0 Å². The van der Waals surface area contributed by atoms with Gasteiger partial charge in [-0.2, -0.15) is 0 Å². The molecule has 0 fully saturated rings. The second kappa shape index (κ2) is 8.04. The normalized spacial score (nSPS) is 10.7. The lowest BCUT2D eigenvalue weighted by molar-refractivity contribution is -0.118. The minimum atomic E-state index is -0.289. The van der Waals surface area contributed by atoms with Crippen molar-refractivity contribution in [2.75, 3.05) is 11.9 Å². The van der Waals surface area contributed by atoms with Crippen LogP contribution in [0.5, 0.6) is 5.75 Å². The predicted molar refractivity (Wildman–Crippen MR) is 98.8 cm³/mol. The fourth-order valence-electron chi connectivity index (χ4n) is 1.96. The molecule has 0 heterocycles. The first-order valence-corrected chi connectivity index (χ1v) is 8.58. The first-order valence-electron chi connectivity index (χ1n) is 7.03. The summed E-state index contributed by atoms with van der Waals surface area (Å²) < 4.78 is 6.36. The molecule has 6 heteroatoms. The third kappa shape index (κ3) is 5.41. The molecule has 2 rings (SSSR count). The summed E-state index contributed by atoms with van der Waals surface area (Å²) >= 11 is 15.2. The van der Waals surface area contributed by atoms with Gasteiger partial charge < -0.3 is 10.1 Å². The minimum absolute atomic E-state index is 0.107. The third-order valence-electron chi connectivity index (χ3n) is 3.13. The predicted octanol–water partition coefficient (Wildman–Crippen LogP) is 5.90. The zero-order valence-corrected chi connectivity index (χ0v) is 15.8. The first kappa shape index (κ1) is 18.1. The summed E-state index contributed by atoms with van der Waals surface area (Å²) in [6, 6.07) is 10.7. The van der Waals surface area contributed by atoms with Crippen LogP contribution in [0.15, 0.2) is 40.9 Å². The van der Waals surface area contributed by atoms with E-state index >= 15 is 0 Å². The van der Waals surface area contributed by atoms with Crippen molar-refractivity contribution in [2.24, 2.45) is 0 Å². The quantitative estimate of drug-likeness (QED) is 0.659. The average Bonchev–Trinajstić information content (AvgIpc) is 2.44. The van der Waals surface area contributed by atoms with E-state index in [9.17, 15) is 4.79 Å². The van der Waals surface area contributed by atoms with Crippen LogP contribution in [0.2, 0.25) is 10.0 Å². The van der Waals surface area contributed by atoms with Gasteiger partial charge in [-0.05, 0) is 57.7 Å². The van der Waals surface area contributed by atoms with E-state index < -0.39 is 0 Å². The van der Waals surface area contributed by atoms with Crippen molar-refractivity contribution in [3.8, 4) is 5.75 Å².